The Kier molecular flexibility index (Phi) is 6.28. The van der Waals surface area contributed by atoms with Gasteiger partial charge in [0.05, 0.1) is 0 Å². The molecule has 0 N–H and O–H groups in total. The maximum absolute atomic E-state index is 12.6. The van der Waals surface area contributed by atoms with Crippen molar-refractivity contribution in [3.63, 3.8) is 0 Å². The smallest absolute Gasteiger partial charge is 0.263 e. The first kappa shape index (κ1) is 16.8. The number of carbonyl (C=O) groups is 1. The zero-order chi connectivity index (χ0) is 15.9. The molecule has 0 radical (unpaired) electrons. The summed E-state index contributed by atoms with van der Waals surface area (Å²) >= 11 is 5.86. The van der Waals surface area contributed by atoms with E-state index < -0.39 is 6.10 Å². The van der Waals surface area contributed by atoms with E-state index >= 15 is 0 Å². The summed E-state index contributed by atoms with van der Waals surface area (Å²) in [6, 6.07) is 7.12. The van der Waals surface area contributed by atoms with E-state index in [1.54, 1.807) is 24.3 Å². The molecule has 0 aromatic heterocycles. The Morgan fingerprint density at radius 1 is 1.32 bits per heavy atom. The predicted molar refractivity (Wildman–Crippen MR) is 89.4 cm³/mol. The molecule has 5 heteroatoms. The third-order valence-corrected chi connectivity index (χ3v) is 4.06. The second-order valence-corrected chi connectivity index (χ2v) is 5.82. The molecule has 1 fully saturated rings. The van der Waals surface area contributed by atoms with Gasteiger partial charge in [-0.15, -0.1) is 6.58 Å². The summed E-state index contributed by atoms with van der Waals surface area (Å²) in [4.78, 5) is 16.8. The largest absolute Gasteiger partial charge is 0.481 e. The third-order valence-electron chi connectivity index (χ3n) is 3.81. The van der Waals surface area contributed by atoms with Crippen LogP contribution in [0.25, 0.3) is 0 Å². The van der Waals surface area contributed by atoms with Crippen molar-refractivity contribution < 1.29 is 9.53 Å². The molecule has 4 nitrogen and oxygen atoms in total. The van der Waals surface area contributed by atoms with Crippen LogP contribution in [0.3, 0.4) is 0 Å². The number of amides is 1. The number of benzene rings is 1. The van der Waals surface area contributed by atoms with Crippen LogP contribution >= 0.6 is 11.6 Å². The molecular weight excluding hydrogens is 300 g/mol. The zero-order valence-corrected chi connectivity index (χ0v) is 13.8. The van der Waals surface area contributed by atoms with Gasteiger partial charge in [0.15, 0.2) is 6.10 Å². The van der Waals surface area contributed by atoms with E-state index in [0.717, 1.165) is 32.7 Å². The summed E-state index contributed by atoms with van der Waals surface area (Å²) in [6.07, 6.45) is 2.11. The molecule has 1 aromatic carbocycles. The standard InChI is InChI=1S/C17H23ClN2O2/c1-3-9-19-10-12-20(13-11-19)17(21)16(4-2)22-15-7-5-14(18)6-8-15/h3,5-8,16H,1,4,9-13H2,2H3/t16-/m0/s1. The molecule has 0 bridgehead atoms. The summed E-state index contributed by atoms with van der Waals surface area (Å²) < 4.78 is 5.83. The first-order chi connectivity index (χ1) is 10.6. The average molecular weight is 323 g/mol. The second-order valence-electron chi connectivity index (χ2n) is 5.38. The van der Waals surface area contributed by atoms with E-state index in [-0.39, 0.29) is 5.91 Å². The van der Waals surface area contributed by atoms with E-state index in [1.165, 1.54) is 0 Å². The molecule has 1 aromatic rings. The molecule has 1 heterocycles. The van der Waals surface area contributed by atoms with Crippen molar-refractivity contribution in [2.24, 2.45) is 0 Å². The maximum atomic E-state index is 12.6. The van der Waals surface area contributed by atoms with Crippen LogP contribution in [0.5, 0.6) is 5.75 Å². The van der Waals surface area contributed by atoms with Crippen LogP contribution in [0.1, 0.15) is 13.3 Å². The number of hydrogen-bond acceptors (Lipinski definition) is 3. The molecule has 1 saturated heterocycles. The quantitative estimate of drug-likeness (QED) is 0.755. The number of hydrogen-bond donors (Lipinski definition) is 0. The molecule has 0 saturated carbocycles. The Labute approximate surface area is 137 Å². The van der Waals surface area contributed by atoms with Crippen LogP contribution in [0.15, 0.2) is 36.9 Å². The summed E-state index contributed by atoms with van der Waals surface area (Å²) in [6.45, 7) is 9.85. The van der Waals surface area contributed by atoms with Gasteiger partial charge in [-0.3, -0.25) is 9.69 Å². The van der Waals surface area contributed by atoms with Crippen molar-refractivity contribution in [2.75, 3.05) is 32.7 Å². The van der Waals surface area contributed by atoms with Crippen LogP contribution in [-0.2, 0) is 4.79 Å². The van der Waals surface area contributed by atoms with Crippen molar-refractivity contribution in [3.8, 4) is 5.75 Å². The number of rotatable bonds is 6. The molecule has 1 aliphatic rings. The van der Waals surface area contributed by atoms with Gasteiger partial charge >= 0.3 is 0 Å². The first-order valence-electron chi connectivity index (χ1n) is 7.68. The first-order valence-corrected chi connectivity index (χ1v) is 8.06. The Hall–Kier alpha value is -1.52. The lowest BCUT2D eigenvalue weighted by Crippen LogP contribution is -2.52. The van der Waals surface area contributed by atoms with E-state index in [0.29, 0.717) is 17.2 Å². The fourth-order valence-electron chi connectivity index (χ4n) is 2.52. The SMILES string of the molecule is C=CCN1CCN(C(=O)[C@H](CC)Oc2ccc(Cl)cc2)CC1. The number of halogens is 1. The van der Waals surface area contributed by atoms with Crippen molar-refractivity contribution in [1.29, 1.82) is 0 Å². The Morgan fingerprint density at radius 3 is 2.50 bits per heavy atom. The van der Waals surface area contributed by atoms with E-state index in [2.05, 4.69) is 11.5 Å². The molecule has 1 atom stereocenters. The van der Waals surface area contributed by atoms with Crippen LogP contribution in [-0.4, -0.2) is 54.5 Å². The summed E-state index contributed by atoms with van der Waals surface area (Å²) in [5, 5.41) is 0.657. The number of carbonyl (C=O) groups excluding carboxylic acids is 1. The molecule has 1 aliphatic heterocycles. The lowest BCUT2D eigenvalue weighted by Gasteiger charge is -2.35. The van der Waals surface area contributed by atoms with Gasteiger partial charge in [0, 0.05) is 37.7 Å². The minimum atomic E-state index is -0.438. The molecule has 120 valence electrons. The van der Waals surface area contributed by atoms with Gasteiger partial charge in [0.2, 0.25) is 0 Å². The van der Waals surface area contributed by atoms with Crippen molar-refractivity contribution >= 4 is 17.5 Å². The summed E-state index contributed by atoms with van der Waals surface area (Å²) in [7, 11) is 0. The summed E-state index contributed by atoms with van der Waals surface area (Å²) in [5.41, 5.74) is 0. The average Bonchev–Trinajstić information content (AvgIpc) is 2.55. The Morgan fingerprint density at radius 2 is 1.95 bits per heavy atom. The van der Waals surface area contributed by atoms with Crippen LogP contribution < -0.4 is 4.74 Å². The topological polar surface area (TPSA) is 32.8 Å². The molecule has 1 amide bonds. The highest BCUT2D eigenvalue weighted by Gasteiger charge is 2.27. The van der Waals surface area contributed by atoms with Crippen LogP contribution in [0.2, 0.25) is 5.02 Å². The Balaban J connectivity index is 1.91. The molecule has 22 heavy (non-hydrogen) atoms. The van der Waals surface area contributed by atoms with Gasteiger partial charge in [-0.05, 0) is 30.7 Å². The van der Waals surface area contributed by atoms with Gasteiger partial charge < -0.3 is 9.64 Å². The fourth-order valence-corrected chi connectivity index (χ4v) is 2.65. The summed E-state index contributed by atoms with van der Waals surface area (Å²) in [5.74, 6) is 0.741. The fraction of sp³-hybridized carbons (Fsp3) is 0.471. The molecule has 0 unspecified atom stereocenters. The zero-order valence-electron chi connectivity index (χ0n) is 13.0. The lowest BCUT2D eigenvalue weighted by atomic mass is 10.2. The lowest BCUT2D eigenvalue weighted by molar-refractivity contribution is -0.140. The van der Waals surface area contributed by atoms with Gasteiger partial charge in [-0.2, -0.15) is 0 Å². The minimum absolute atomic E-state index is 0.0655. The second kappa shape index (κ2) is 8.20. The minimum Gasteiger partial charge on any atom is -0.481 e. The maximum Gasteiger partial charge on any atom is 0.263 e. The molecular formula is C17H23ClN2O2. The van der Waals surface area contributed by atoms with Gasteiger partial charge in [0.25, 0.3) is 5.91 Å². The third kappa shape index (κ3) is 4.49. The Bertz CT molecular complexity index is 496. The van der Waals surface area contributed by atoms with Crippen LogP contribution in [0.4, 0.5) is 0 Å². The van der Waals surface area contributed by atoms with Crippen LogP contribution in [0, 0.1) is 0 Å². The van der Waals surface area contributed by atoms with Crippen molar-refractivity contribution in [1.82, 2.24) is 9.80 Å². The highest BCUT2D eigenvalue weighted by atomic mass is 35.5. The number of nitrogens with zero attached hydrogens (tertiary/aromatic N) is 2. The number of ether oxygens (including phenoxy) is 1. The van der Waals surface area contributed by atoms with Crippen molar-refractivity contribution in [2.45, 2.75) is 19.4 Å². The van der Waals surface area contributed by atoms with E-state index in [1.807, 2.05) is 17.9 Å². The highest BCUT2D eigenvalue weighted by Crippen LogP contribution is 2.19. The predicted octanol–water partition coefficient (Wildman–Crippen LogP) is 2.83. The monoisotopic (exact) mass is 322 g/mol. The highest BCUT2D eigenvalue weighted by molar-refractivity contribution is 6.30. The normalized spacial score (nSPS) is 17.1. The van der Waals surface area contributed by atoms with Gasteiger partial charge in [-0.1, -0.05) is 24.6 Å². The molecule has 0 aliphatic carbocycles. The van der Waals surface area contributed by atoms with Crippen molar-refractivity contribution in [3.05, 3.63) is 41.9 Å². The molecule has 0 spiro atoms. The van der Waals surface area contributed by atoms with Gasteiger partial charge in [-0.25, -0.2) is 0 Å². The number of piperazine rings is 1. The van der Waals surface area contributed by atoms with E-state index in [4.69, 9.17) is 16.3 Å². The van der Waals surface area contributed by atoms with E-state index in [9.17, 15) is 4.79 Å². The molecule has 2 rings (SSSR count). The van der Waals surface area contributed by atoms with Gasteiger partial charge in [0.1, 0.15) is 5.75 Å².